The molecule has 2 aromatic carbocycles. The Labute approximate surface area is 221 Å². The fourth-order valence-electron chi connectivity index (χ4n) is 6.01. The molecule has 2 aliphatic carbocycles. The predicted octanol–water partition coefficient (Wildman–Crippen LogP) is 6.44. The Balaban J connectivity index is 1.39. The normalized spacial score (nSPS) is 23.1. The van der Waals surface area contributed by atoms with Crippen LogP contribution in [0, 0.1) is 0 Å². The molecule has 0 bridgehead atoms. The van der Waals surface area contributed by atoms with E-state index in [9.17, 15) is 22.8 Å². The van der Waals surface area contributed by atoms with Crippen LogP contribution in [0.5, 0.6) is 0 Å². The van der Waals surface area contributed by atoms with Gasteiger partial charge in [-0.2, -0.15) is 13.2 Å². The Hall–Kier alpha value is -3.07. The third kappa shape index (κ3) is 5.39. The number of fused-ring (bicyclic) bond motifs is 1. The summed E-state index contributed by atoms with van der Waals surface area (Å²) in [5.74, 6) is -0.640. The molecule has 0 aromatic heterocycles. The molecule has 2 fully saturated rings. The lowest BCUT2D eigenvalue weighted by molar-refractivity contribution is -0.137. The number of carbonyl (C=O) groups excluding carboxylic acids is 2. The smallest absolute Gasteiger partial charge is 0.380 e. The van der Waals surface area contributed by atoms with E-state index in [-0.39, 0.29) is 29.2 Å². The second kappa shape index (κ2) is 10.2. The van der Waals surface area contributed by atoms with E-state index in [0.717, 1.165) is 56.2 Å². The van der Waals surface area contributed by atoms with Gasteiger partial charge in [0.05, 0.1) is 16.5 Å². The summed E-state index contributed by atoms with van der Waals surface area (Å²) in [5, 5.41) is 12.7. The Kier molecular flexibility index (Phi) is 7.15. The maximum absolute atomic E-state index is 13.6. The van der Waals surface area contributed by atoms with Gasteiger partial charge in [-0.1, -0.05) is 31.7 Å². The van der Waals surface area contributed by atoms with Crippen molar-refractivity contribution in [2.24, 2.45) is 0 Å². The first-order valence-corrected chi connectivity index (χ1v) is 13.5. The second-order valence-corrected chi connectivity index (χ2v) is 11.3. The minimum absolute atomic E-state index is 0.0724. The predicted molar refractivity (Wildman–Crippen MR) is 143 cm³/mol. The van der Waals surface area contributed by atoms with Crippen LogP contribution in [0.15, 0.2) is 36.4 Å². The van der Waals surface area contributed by atoms with Crippen LogP contribution in [0.2, 0.25) is 0 Å². The fraction of sp³-hybridized carbons (Fsp3) is 0.517. The van der Waals surface area contributed by atoms with Crippen molar-refractivity contribution in [1.82, 2.24) is 5.32 Å². The maximum Gasteiger partial charge on any atom is 0.416 e. The number of rotatable bonds is 6. The zero-order chi connectivity index (χ0) is 27.1. The quantitative estimate of drug-likeness (QED) is 0.348. The fourth-order valence-corrected chi connectivity index (χ4v) is 6.01. The first kappa shape index (κ1) is 26.5. The van der Waals surface area contributed by atoms with Crippen molar-refractivity contribution < 1.29 is 22.8 Å². The molecule has 1 heterocycles. The maximum atomic E-state index is 13.6. The number of amides is 2. The Morgan fingerprint density at radius 3 is 2.34 bits per heavy atom. The molecule has 5 rings (SSSR count). The van der Waals surface area contributed by atoms with Crippen LogP contribution in [0.25, 0.3) is 0 Å². The first-order chi connectivity index (χ1) is 18.0. The minimum atomic E-state index is -4.52. The Morgan fingerprint density at radius 1 is 0.947 bits per heavy atom. The van der Waals surface area contributed by atoms with E-state index < -0.39 is 23.1 Å². The van der Waals surface area contributed by atoms with Gasteiger partial charge < -0.3 is 21.3 Å². The number of nitrogens with one attached hydrogen (secondary N) is 4. The van der Waals surface area contributed by atoms with Crippen molar-refractivity contribution in [1.29, 1.82) is 0 Å². The molecule has 0 unspecified atom stereocenters. The summed E-state index contributed by atoms with van der Waals surface area (Å²) in [6, 6.07) is 8.91. The Morgan fingerprint density at radius 2 is 1.63 bits per heavy atom. The summed E-state index contributed by atoms with van der Waals surface area (Å²) in [7, 11) is 0. The van der Waals surface area contributed by atoms with E-state index in [4.69, 9.17) is 0 Å². The van der Waals surface area contributed by atoms with Crippen LogP contribution < -0.4 is 21.3 Å². The number of carbonyl (C=O) groups is 2. The van der Waals surface area contributed by atoms with Crippen LogP contribution in [0.1, 0.15) is 86.7 Å². The first-order valence-electron chi connectivity index (χ1n) is 13.5. The molecule has 1 aliphatic heterocycles. The van der Waals surface area contributed by atoms with Crippen molar-refractivity contribution >= 4 is 28.9 Å². The van der Waals surface area contributed by atoms with Crippen molar-refractivity contribution in [3.63, 3.8) is 0 Å². The average Bonchev–Trinajstić information content (AvgIpc) is 3.45. The zero-order valence-electron chi connectivity index (χ0n) is 21.8. The summed E-state index contributed by atoms with van der Waals surface area (Å²) in [6.07, 6.45) is 3.95. The number of anilines is 3. The number of benzene rings is 2. The van der Waals surface area contributed by atoms with Gasteiger partial charge in [0, 0.05) is 35.2 Å². The highest BCUT2D eigenvalue weighted by atomic mass is 19.4. The van der Waals surface area contributed by atoms with Gasteiger partial charge in [-0.3, -0.25) is 9.59 Å². The third-order valence-electron chi connectivity index (χ3n) is 8.27. The number of hydrogen-bond donors (Lipinski definition) is 4. The standard InChI is InChI=1S/C29H35F3N4O2/c1-28(2)21-14-12-19(16-25(21)36-27(28)38)34-26(37)20-13-11-17(29(30,31)32)15-24(20)35-23-10-6-5-9-22(23)33-18-7-3-4-8-18/h11-16,18,22-23,33,35H,3-10H2,1-2H3,(H,34,37)(H,36,38)/t22-,23-/m0/s1. The van der Waals surface area contributed by atoms with Gasteiger partial charge in [0.2, 0.25) is 5.91 Å². The third-order valence-corrected chi connectivity index (χ3v) is 8.27. The molecule has 9 heteroatoms. The van der Waals surface area contributed by atoms with E-state index in [1.54, 1.807) is 18.2 Å². The Bertz CT molecular complexity index is 1220. The van der Waals surface area contributed by atoms with Crippen LogP contribution in [-0.4, -0.2) is 29.9 Å². The molecule has 2 amide bonds. The second-order valence-electron chi connectivity index (χ2n) is 11.3. The number of hydrogen-bond acceptors (Lipinski definition) is 4. The highest BCUT2D eigenvalue weighted by molar-refractivity contribution is 6.10. The molecule has 38 heavy (non-hydrogen) atoms. The molecule has 0 saturated heterocycles. The summed E-state index contributed by atoms with van der Waals surface area (Å²) < 4.78 is 40.9. The average molecular weight is 529 g/mol. The van der Waals surface area contributed by atoms with E-state index in [2.05, 4.69) is 21.3 Å². The highest BCUT2D eigenvalue weighted by Gasteiger charge is 2.38. The van der Waals surface area contributed by atoms with E-state index >= 15 is 0 Å². The molecule has 3 aliphatic rings. The summed E-state index contributed by atoms with van der Waals surface area (Å²) >= 11 is 0. The van der Waals surface area contributed by atoms with Crippen LogP contribution in [0.4, 0.5) is 30.2 Å². The number of alkyl halides is 3. The van der Waals surface area contributed by atoms with E-state index in [1.807, 2.05) is 13.8 Å². The van der Waals surface area contributed by atoms with Gasteiger partial charge in [0.1, 0.15) is 0 Å². The van der Waals surface area contributed by atoms with E-state index in [0.29, 0.717) is 17.4 Å². The zero-order valence-corrected chi connectivity index (χ0v) is 21.8. The molecule has 6 nitrogen and oxygen atoms in total. The molecular weight excluding hydrogens is 493 g/mol. The molecule has 2 atom stereocenters. The lowest BCUT2D eigenvalue weighted by Gasteiger charge is -2.36. The van der Waals surface area contributed by atoms with Crippen LogP contribution >= 0.6 is 0 Å². The molecule has 0 radical (unpaired) electrons. The van der Waals surface area contributed by atoms with Gasteiger partial charge >= 0.3 is 6.18 Å². The lowest BCUT2D eigenvalue weighted by atomic mass is 9.86. The summed E-state index contributed by atoms with van der Waals surface area (Å²) in [6.45, 7) is 3.65. The molecular formula is C29H35F3N4O2. The SMILES string of the molecule is CC1(C)C(=O)Nc2cc(NC(=O)c3ccc(C(F)(F)F)cc3N[C@H]3CCCC[C@@H]3NC3CCCC3)ccc21. The summed E-state index contributed by atoms with van der Waals surface area (Å²) in [4.78, 5) is 25.6. The highest BCUT2D eigenvalue weighted by Crippen LogP contribution is 2.39. The molecule has 4 N–H and O–H groups in total. The van der Waals surface area contributed by atoms with Gasteiger partial charge in [-0.05, 0) is 75.4 Å². The van der Waals surface area contributed by atoms with Gasteiger partial charge in [0.25, 0.3) is 5.91 Å². The summed E-state index contributed by atoms with van der Waals surface area (Å²) in [5.41, 5.74) is 0.755. The van der Waals surface area contributed by atoms with Crippen LogP contribution in [-0.2, 0) is 16.4 Å². The largest absolute Gasteiger partial charge is 0.416 e. The van der Waals surface area contributed by atoms with Crippen LogP contribution in [0.3, 0.4) is 0 Å². The molecule has 2 saturated carbocycles. The topological polar surface area (TPSA) is 82.3 Å². The lowest BCUT2D eigenvalue weighted by Crippen LogP contribution is -2.49. The molecule has 2 aromatic rings. The minimum Gasteiger partial charge on any atom is -0.380 e. The van der Waals surface area contributed by atoms with Crippen molar-refractivity contribution in [3.05, 3.63) is 53.1 Å². The van der Waals surface area contributed by atoms with Crippen molar-refractivity contribution in [2.45, 2.75) is 94.9 Å². The van der Waals surface area contributed by atoms with Gasteiger partial charge in [-0.15, -0.1) is 0 Å². The van der Waals surface area contributed by atoms with E-state index in [1.165, 1.54) is 18.9 Å². The monoisotopic (exact) mass is 528 g/mol. The van der Waals surface area contributed by atoms with Gasteiger partial charge in [0.15, 0.2) is 0 Å². The number of halogens is 3. The molecule has 0 spiro atoms. The van der Waals surface area contributed by atoms with Gasteiger partial charge in [-0.25, -0.2) is 0 Å². The molecule has 204 valence electrons. The van der Waals surface area contributed by atoms with Crippen molar-refractivity contribution in [2.75, 3.05) is 16.0 Å². The van der Waals surface area contributed by atoms with Crippen molar-refractivity contribution in [3.8, 4) is 0 Å².